The van der Waals surface area contributed by atoms with Crippen LogP contribution in [0.1, 0.15) is 48.3 Å². The molecule has 0 bridgehead atoms. The molecule has 35 heavy (non-hydrogen) atoms. The maximum atomic E-state index is 14.3. The second-order valence-corrected chi connectivity index (χ2v) is 9.08. The van der Waals surface area contributed by atoms with Gasteiger partial charge in [-0.2, -0.15) is 0 Å². The lowest BCUT2D eigenvalue weighted by Gasteiger charge is -2.23. The summed E-state index contributed by atoms with van der Waals surface area (Å²) in [6.07, 6.45) is 2.20. The highest BCUT2D eigenvalue weighted by Crippen LogP contribution is 2.33. The molecule has 6 heteroatoms. The first kappa shape index (κ1) is 23.2. The molecule has 5 nitrogen and oxygen atoms in total. The Morgan fingerprint density at radius 1 is 1.11 bits per heavy atom. The van der Waals surface area contributed by atoms with Crippen LogP contribution in [-0.4, -0.2) is 42.4 Å². The smallest absolute Gasteiger partial charge is 0.127 e. The van der Waals surface area contributed by atoms with Crippen LogP contribution in [0.2, 0.25) is 0 Å². The molecule has 1 aliphatic heterocycles. The van der Waals surface area contributed by atoms with Gasteiger partial charge in [0.15, 0.2) is 0 Å². The van der Waals surface area contributed by atoms with Gasteiger partial charge in [0.05, 0.1) is 18.5 Å². The third-order valence-electron chi connectivity index (χ3n) is 6.75. The van der Waals surface area contributed by atoms with Crippen molar-refractivity contribution in [2.75, 3.05) is 26.7 Å². The molecule has 0 spiro atoms. The van der Waals surface area contributed by atoms with E-state index in [1.165, 1.54) is 6.07 Å². The summed E-state index contributed by atoms with van der Waals surface area (Å²) in [5.41, 5.74) is 7.61. The molecule has 1 aliphatic rings. The fraction of sp³-hybridized carbons (Fsp3) is 0.310. The van der Waals surface area contributed by atoms with Crippen molar-refractivity contribution < 1.29 is 9.13 Å². The number of benzene rings is 2. The number of fused-ring (bicyclic) bond motifs is 1. The summed E-state index contributed by atoms with van der Waals surface area (Å²) in [5.74, 6) is 0.640. The number of aromatic nitrogens is 2. The molecule has 0 amide bonds. The number of pyridine rings is 1. The third-order valence-corrected chi connectivity index (χ3v) is 6.75. The number of halogens is 1. The number of rotatable bonds is 6. The summed E-state index contributed by atoms with van der Waals surface area (Å²) in [5, 5.41) is 4.44. The van der Waals surface area contributed by atoms with Crippen LogP contribution in [0.4, 0.5) is 4.39 Å². The zero-order valence-corrected chi connectivity index (χ0v) is 20.5. The Kier molecular flexibility index (Phi) is 6.64. The van der Waals surface area contributed by atoms with E-state index in [4.69, 9.17) is 14.7 Å². The van der Waals surface area contributed by atoms with Crippen molar-refractivity contribution >= 4 is 16.6 Å². The summed E-state index contributed by atoms with van der Waals surface area (Å²) < 4.78 is 19.6. The lowest BCUT2D eigenvalue weighted by Crippen LogP contribution is -2.27. The van der Waals surface area contributed by atoms with Crippen LogP contribution in [0.15, 0.2) is 59.6 Å². The van der Waals surface area contributed by atoms with E-state index in [0.717, 1.165) is 76.3 Å². The number of hydrogen-bond donors (Lipinski definition) is 2. The van der Waals surface area contributed by atoms with Crippen LogP contribution in [0.3, 0.4) is 0 Å². The van der Waals surface area contributed by atoms with Crippen molar-refractivity contribution in [1.29, 1.82) is 0 Å². The standard InChI is InChI=1S/C29H31FN4O/c1-4-32-29(28-18(2)8-9-25(34-28)19-10-12-31-13-11-19)27-17-24-23(6-5-7-26(24)33-27)20-14-21(30)16-22(15-20)35-3/h5-9,14-17,19,31,33H,4,10-13H2,1-3H3/b32-29-. The minimum absolute atomic E-state index is 0.324. The molecule has 180 valence electrons. The van der Waals surface area contributed by atoms with Crippen LogP contribution in [-0.2, 0) is 0 Å². The van der Waals surface area contributed by atoms with E-state index in [1.807, 2.05) is 31.2 Å². The van der Waals surface area contributed by atoms with E-state index in [-0.39, 0.29) is 5.82 Å². The molecule has 2 N–H and O–H groups in total. The number of aryl methyl sites for hydroxylation is 1. The van der Waals surface area contributed by atoms with E-state index in [0.29, 0.717) is 18.2 Å². The molecule has 2 aromatic carbocycles. The Bertz CT molecular complexity index is 1380. The second-order valence-electron chi connectivity index (χ2n) is 9.08. The monoisotopic (exact) mass is 470 g/mol. The Morgan fingerprint density at radius 2 is 1.94 bits per heavy atom. The number of aliphatic imine (C=N–C) groups is 1. The number of hydrogen-bond acceptors (Lipinski definition) is 4. The van der Waals surface area contributed by atoms with Gasteiger partial charge in [0.1, 0.15) is 17.3 Å². The molecule has 0 unspecified atom stereocenters. The highest BCUT2D eigenvalue weighted by atomic mass is 19.1. The van der Waals surface area contributed by atoms with Crippen molar-refractivity contribution in [3.8, 4) is 16.9 Å². The summed E-state index contributed by atoms with van der Waals surface area (Å²) in [7, 11) is 1.55. The van der Waals surface area contributed by atoms with Crippen molar-refractivity contribution in [2.45, 2.75) is 32.6 Å². The number of H-pyrrole nitrogens is 1. The normalized spacial score (nSPS) is 15.0. The number of nitrogens with one attached hydrogen (secondary N) is 2. The largest absolute Gasteiger partial charge is 0.497 e. The van der Waals surface area contributed by atoms with E-state index in [1.54, 1.807) is 13.2 Å². The van der Waals surface area contributed by atoms with E-state index in [9.17, 15) is 4.39 Å². The Morgan fingerprint density at radius 3 is 2.71 bits per heavy atom. The van der Waals surface area contributed by atoms with Crippen molar-refractivity contribution in [1.82, 2.24) is 15.3 Å². The first-order valence-electron chi connectivity index (χ1n) is 12.3. The SMILES string of the molecule is CC/N=C(/c1cc2c(-c3cc(F)cc(OC)c3)cccc2[nH]1)c1nc(C2CCNCC2)ccc1C. The molecular formula is C29H31FN4O. The Hall–Kier alpha value is -3.51. The van der Waals surface area contributed by atoms with Crippen LogP contribution < -0.4 is 10.1 Å². The van der Waals surface area contributed by atoms with Crippen molar-refractivity contribution in [3.63, 3.8) is 0 Å². The highest BCUT2D eigenvalue weighted by Gasteiger charge is 2.21. The molecule has 0 atom stereocenters. The van der Waals surface area contributed by atoms with Gasteiger partial charge in [0, 0.05) is 35.1 Å². The minimum Gasteiger partial charge on any atom is -0.497 e. The van der Waals surface area contributed by atoms with E-state index in [2.05, 4.69) is 35.4 Å². The van der Waals surface area contributed by atoms with Crippen LogP contribution in [0, 0.1) is 12.7 Å². The number of methoxy groups -OCH3 is 1. The summed E-state index contributed by atoms with van der Waals surface area (Å²) >= 11 is 0. The zero-order valence-electron chi connectivity index (χ0n) is 20.5. The van der Waals surface area contributed by atoms with Gasteiger partial charge >= 0.3 is 0 Å². The lowest BCUT2D eigenvalue weighted by molar-refractivity contribution is 0.411. The molecule has 1 fully saturated rings. The molecule has 1 saturated heterocycles. The predicted molar refractivity (Wildman–Crippen MR) is 140 cm³/mol. The fourth-order valence-electron chi connectivity index (χ4n) is 4.94. The molecule has 3 heterocycles. The number of piperidine rings is 1. The topological polar surface area (TPSA) is 62.3 Å². The van der Waals surface area contributed by atoms with E-state index >= 15 is 0 Å². The minimum atomic E-state index is -0.324. The quantitative estimate of drug-likeness (QED) is 0.339. The van der Waals surface area contributed by atoms with E-state index < -0.39 is 0 Å². The predicted octanol–water partition coefficient (Wildman–Crippen LogP) is 6.01. The van der Waals surface area contributed by atoms with Crippen LogP contribution in [0.25, 0.3) is 22.0 Å². The molecule has 0 aliphatic carbocycles. The molecule has 0 radical (unpaired) electrons. The molecule has 2 aromatic heterocycles. The van der Waals surface area contributed by atoms with Gasteiger partial charge in [0.25, 0.3) is 0 Å². The van der Waals surface area contributed by atoms with Gasteiger partial charge in [-0.1, -0.05) is 18.2 Å². The van der Waals surface area contributed by atoms with Crippen molar-refractivity contribution in [2.24, 2.45) is 4.99 Å². The average Bonchev–Trinajstić information content (AvgIpc) is 3.32. The summed E-state index contributed by atoms with van der Waals surface area (Å²) in [6, 6.07) is 17.3. The lowest BCUT2D eigenvalue weighted by atomic mass is 9.93. The maximum absolute atomic E-state index is 14.3. The molecule has 4 aromatic rings. The third kappa shape index (κ3) is 4.71. The number of aromatic amines is 1. The Labute approximate surface area is 205 Å². The first-order valence-corrected chi connectivity index (χ1v) is 12.3. The first-order chi connectivity index (χ1) is 17.1. The summed E-state index contributed by atoms with van der Waals surface area (Å²) in [4.78, 5) is 13.6. The van der Waals surface area contributed by atoms with Gasteiger partial charge in [-0.05, 0) is 86.8 Å². The molecule has 0 saturated carbocycles. The molecule has 5 rings (SSSR count). The fourth-order valence-corrected chi connectivity index (χ4v) is 4.94. The van der Waals surface area contributed by atoms with Gasteiger partial charge in [-0.25, -0.2) is 4.39 Å². The zero-order chi connectivity index (χ0) is 24.4. The van der Waals surface area contributed by atoms with Gasteiger partial charge in [-0.15, -0.1) is 0 Å². The van der Waals surface area contributed by atoms with Crippen LogP contribution in [0.5, 0.6) is 5.75 Å². The molecular weight excluding hydrogens is 439 g/mol. The van der Waals surface area contributed by atoms with Gasteiger partial charge < -0.3 is 15.0 Å². The highest BCUT2D eigenvalue weighted by molar-refractivity contribution is 6.14. The Balaban J connectivity index is 1.61. The van der Waals surface area contributed by atoms with Crippen molar-refractivity contribution in [3.05, 3.63) is 83.1 Å². The summed E-state index contributed by atoms with van der Waals surface area (Å²) in [6.45, 7) is 6.84. The van der Waals surface area contributed by atoms with Gasteiger partial charge in [0.2, 0.25) is 0 Å². The van der Waals surface area contributed by atoms with Crippen LogP contribution >= 0.6 is 0 Å². The van der Waals surface area contributed by atoms with Gasteiger partial charge in [-0.3, -0.25) is 9.98 Å². The second kappa shape index (κ2) is 10.0. The average molecular weight is 471 g/mol. The number of nitrogens with zero attached hydrogens (tertiary/aromatic N) is 2. The maximum Gasteiger partial charge on any atom is 0.127 e. The number of ether oxygens (including phenoxy) is 1.